The molecule has 44 heavy (non-hydrogen) atoms. The van der Waals surface area contributed by atoms with Crippen LogP contribution in [0.3, 0.4) is 0 Å². The summed E-state index contributed by atoms with van der Waals surface area (Å²) in [7, 11) is 1.96. The van der Waals surface area contributed by atoms with Crippen LogP contribution >= 0.6 is 24.8 Å². The Hall–Kier alpha value is -1.77. The summed E-state index contributed by atoms with van der Waals surface area (Å²) in [4.78, 5) is 4.52. The highest BCUT2D eigenvalue weighted by molar-refractivity contribution is 7.94. The van der Waals surface area contributed by atoms with E-state index in [2.05, 4.69) is 102 Å². The zero-order valence-electron chi connectivity index (χ0n) is 29.8. The molecule has 0 aromatic carbocycles. The van der Waals surface area contributed by atoms with E-state index in [1.807, 2.05) is 50.4 Å². The normalized spacial score (nSPS) is 17.6. The summed E-state index contributed by atoms with van der Waals surface area (Å²) in [6.07, 6.45) is 26.9. The van der Waals surface area contributed by atoms with E-state index in [0.29, 0.717) is 5.25 Å². The minimum absolute atomic E-state index is 0.0455. The minimum Gasteiger partial charge on any atom is -0.402 e. The van der Waals surface area contributed by atoms with Gasteiger partial charge < -0.3 is 11.5 Å². The van der Waals surface area contributed by atoms with E-state index < -0.39 is 0 Å². The number of nitrogens with two attached hydrogens (primary N) is 3. The number of nitrogens with zero attached hydrogens (tertiary/aromatic N) is 2. The van der Waals surface area contributed by atoms with Crippen LogP contribution in [0, 0.1) is 5.41 Å². The van der Waals surface area contributed by atoms with Gasteiger partial charge in [0.25, 0.3) is 0 Å². The first kappa shape index (κ1) is 44.4. The zero-order valence-corrected chi connectivity index (χ0v) is 31.5. The van der Waals surface area contributed by atoms with E-state index in [9.17, 15) is 0 Å². The lowest BCUT2D eigenvalue weighted by atomic mass is 9.87. The van der Waals surface area contributed by atoms with Crippen LogP contribution in [0.1, 0.15) is 114 Å². The van der Waals surface area contributed by atoms with Gasteiger partial charge in [0.05, 0.1) is 6.04 Å². The lowest BCUT2D eigenvalue weighted by molar-refractivity contribution is 0.331. The molecule has 0 saturated carbocycles. The molecule has 0 radical (unpaired) electrons. The van der Waals surface area contributed by atoms with Crippen molar-refractivity contribution in [2.24, 2.45) is 27.0 Å². The highest BCUT2D eigenvalue weighted by atomic mass is 32.2. The van der Waals surface area contributed by atoms with Crippen molar-refractivity contribution < 1.29 is 0 Å². The first-order valence-electron chi connectivity index (χ1n) is 16.3. The summed E-state index contributed by atoms with van der Waals surface area (Å²) < 4.78 is 1.98. The molecule has 3 atom stereocenters. The van der Waals surface area contributed by atoms with Gasteiger partial charge in [-0.25, -0.2) is 4.31 Å². The summed E-state index contributed by atoms with van der Waals surface area (Å²) in [5, 5.41) is 6.11. The first-order chi connectivity index (χ1) is 20.7. The minimum atomic E-state index is 0.0455. The second kappa shape index (κ2) is 26.4. The van der Waals surface area contributed by atoms with Crippen molar-refractivity contribution in [3.63, 3.8) is 0 Å². The zero-order chi connectivity index (χ0) is 34.1. The van der Waals surface area contributed by atoms with Gasteiger partial charge in [0, 0.05) is 40.5 Å². The van der Waals surface area contributed by atoms with Gasteiger partial charge in [0.2, 0.25) is 0 Å². The third-order valence-electron chi connectivity index (χ3n) is 6.52. The number of likely N-dealkylation sites (N-methyl/N-ethyl adjacent to an activating group) is 1. The van der Waals surface area contributed by atoms with Crippen LogP contribution < -0.4 is 16.6 Å². The SMILES string of the molecule is C/C=C/C=C\C(C)=C\C(/C=C(\N)CCC(N)CC(C)(C)C)N(C)SN.C=C(CCC1=CC(S)CC=C1)N=C(C)CCC.CC. The highest BCUT2D eigenvalue weighted by Crippen LogP contribution is 2.23. The van der Waals surface area contributed by atoms with Crippen molar-refractivity contribution in [2.45, 2.75) is 131 Å². The molecule has 6 N–H and O–H groups in total. The van der Waals surface area contributed by atoms with Crippen molar-refractivity contribution >= 4 is 30.5 Å². The fourth-order valence-electron chi connectivity index (χ4n) is 4.44. The molecule has 0 fully saturated rings. The number of hydrogen-bond acceptors (Lipinski definition) is 7. The first-order valence-corrected chi connectivity index (χ1v) is 17.6. The second-order valence-electron chi connectivity index (χ2n) is 12.4. The standard InChI is InChI=1S/C20H38N4S.C15H23NS.C2H6/c1-7-8-9-10-16(2)13-19(24(6)25-23)14-17(21)11-12-18(22)15-20(3,4)5;1-4-6-12(2)16-13(3)9-10-14-7-5-8-15(17)11-14;1-2/h7-10,13-14,18-19H,11-12,15,21-23H2,1-6H3;5,7,11,15,17H,3-4,6,8-10H2,1-2H3;1-2H3/b8-7+,10-9-,16-13+,17-14-;;. The summed E-state index contributed by atoms with van der Waals surface area (Å²) >= 11 is 5.67. The summed E-state index contributed by atoms with van der Waals surface area (Å²) in [5.41, 5.74) is 18.3. The van der Waals surface area contributed by atoms with Gasteiger partial charge in [-0.1, -0.05) is 114 Å². The van der Waals surface area contributed by atoms with E-state index in [1.165, 1.54) is 23.4 Å². The number of rotatable bonds is 16. The Morgan fingerprint density at radius 3 is 2.39 bits per heavy atom. The van der Waals surface area contributed by atoms with Crippen LogP contribution in [-0.4, -0.2) is 34.4 Å². The third kappa shape index (κ3) is 25.5. The molecule has 0 spiro atoms. The smallest absolute Gasteiger partial charge is 0.0597 e. The lowest BCUT2D eigenvalue weighted by Crippen LogP contribution is -2.27. The van der Waals surface area contributed by atoms with Crippen LogP contribution in [0.4, 0.5) is 0 Å². The maximum atomic E-state index is 6.25. The van der Waals surface area contributed by atoms with Crippen LogP contribution in [0.2, 0.25) is 0 Å². The lowest BCUT2D eigenvalue weighted by Gasteiger charge is -2.24. The highest BCUT2D eigenvalue weighted by Gasteiger charge is 2.16. The van der Waals surface area contributed by atoms with Crippen LogP contribution in [0.25, 0.3) is 0 Å². The van der Waals surface area contributed by atoms with Crippen molar-refractivity contribution in [1.82, 2.24) is 4.31 Å². The van der Waals surface area contributed by atoms with Gasteiger partial charge in [0.1, 0.15) is 0 Å². The third-order valence-corrected chi connectivity index (χ3v) is 7.46. The molecule has 1 aliphatic carbocycles. The maximum absolute atomic E-state index is 6.25. The van der Waals surface area contributed by atoms with Gasteiger partial charge in [-0.3, -0.25) is 10.1 Å². The Morgan fingerprint density at radius 1 is 1.18 bits per heavy atom. The summed E-state index contributed by atoms with van der Waals surface area (Å²) in [6, 6.07) is 0.220. The van der Waals surface area contributed by atoms with Crippen molar-refractivity contribution in [1.29, 1.82) is 0 Å². The molecule has 0 aromatic heterocycles. The van der Waals surface area contributed by atoms with Crippen molar-refractivity contribution in [3.8, 4) is 0 Å². The van der Waals surface area contributed by atoms with Crippen molar-refractivity contribution in [2.75, 3.05) is 7.05 Å². The molecule has 252 valence electrons. The molecule has 0 saturated heterocycles. The summed E-state index contributed by atoms with van der Waals surface area (Å²) in [5.74, 6) is 0. The topological polar surface area (TPSA) is 93.7 Å². The Kier molecular flexibility index (Phi) is 26.7. The van der Waals surface area contributed by atoms with E-state index in [-0.39, 0.29) is 17.5 Å². The number of aliphatic imine (C=N–C) groups is 1. The molecular formula is C37H67N5S2. The van der Waals surface area contributed by atoms with Crippen LogP contribution in [-0.2, 0) is 0 Å². The fourth-order valence-corrected chi connectivity index (χ4v) is 5.02. The van der Waals surface area contributed by atoms with Crippen LogP contribution in [0.5, 0.6) is 0 Å². The van der Waals surface area contributed by atoms with E-state index >= 15 is 0 Å². The second-order valence-corrected chi connectivity index (χ2v) is 13.8. The number of hydrogen-bond donors (Lipinski definition) is 4. The maximum Gasteiger partial charge on any atom is 0.0597 e. The Morgan fingerprint density at radius 2 is 1.84 bits per heavy atom. The molecule has 0 aromatic rings. The van der Waals surface area contributed by atoms with Gasteiger partial charge in [0.15, 0.2) is 0 Å². The van der Waals surface area contributed by atoms with Gasteiger partial charge in [-0.05, 0) is 84.3 Å². The molecule has 3 unspecified atom stereocenters. The number of allylic oxidation sites excluding steroid dienone is 10. The molecule has 7 heteroatoms. The monoisotopic (exact) mass is 645 g/mol. The molecule has 1 rings (SSSR count). The predicted octanol–water partition coefficient (Wildman–Crippen LogP) is 10.0. The Labute approximate surface area is 282 Å². The van der Waals surface area contributed by atoms with Gasteiger partial charge in [-0.2, -0.15) is 12.6 Å². The number of thiol groups is 1. The molecule has 1 aliphatic rings. The van der Waals surface area contributed by atoms with Crippen molar-refractivity contribution in [3.05, 3.63) is 83.8 Å². The Bertz CT molecular complexity index is 996. The average Bonchev–Trinajstić information content (AvgIpc) is 2.95. The van der Waals surface area contributed by atoms with E-state index in [4.69, 9.17) is 16.6 Å². The molecular weight excluding hydrogens is 579 g/mol. The van der Waals surface area contributed by atoms with Gasteiger partial charge >= 0.3 is 0 Å². The Balaban J connectivity index is 0. The van der Waals surface area contributed by atoms with Gasteiger partial charge in [-0.15, -0.1) is 0 Å². The quantitative estimate of drug-likeness (QED) is 0.0580. The average molecular weight is 646 g/mol. The summed E-state index contributed by atoms with van der Waals surface area (Å²) in [6.45, 7) is 23.0. The van der Waals surface area contributed by atoms with E-state index in [1.54, 1.807) is 0 Å². The van der Waals surface area contributed by atoms with E-state index in [0.717, 1.165) is 68.3 Å². The predicted molar refractivity (Wildman–Crippen MR) is 207 cm³/mol. The fraction of sp³-hybridized carbons (Fsp3) is 0.595. The molecule has 0 heterocycles. The van der Waals surface area contributed by atoms with Crippen LogP contribution in [0.15, 0.2) is 88.8 Å². The molecule has 0 bridgehead atoms. The largest absolute Gasteiger partial charge is 0.402 e. The molecule has 0 amide bonds. The molecule has 0 aliphatic heterocycles. The molecule has 5 nitrogen and oxygen atoms in total.